The number of rotatable bonds is 8. The highest BCUT2D eigenvalue weighted by molar-refractivity contribution is 5.90. The Morgan fingerprint density at radius 2 is 1.91 bits per heavy atom. The number of anilines is 1. The number of H-pyrrole nitrogens is 1. The van der Waals surface area contributed by atoms with Crippen molar-refractivity contribution in [3.8, 4) is 17.1 Å². The zero-order valence-electron chi connectivity index (χ0n) is 20.9. The highest BCUT2D eigenvalue weighted by atomic mass is 16.5. The Hall–Kier alpha value is -3.16. The summed E-state index contributed by atoms with van der Waals surface area (Å²) in [5.74, 6) is 1.40. The Morgan fingerprint density at radius 1 is 1.09 bits per heavy atom. The number of pyridine rings is 1. The summed E-state index contributed by atoms with van der Waals surface area (Å²) in [4.78, 5) is 10.8. The Morgan fingerprint density at radius 3 is 2.69 bits per heavy atom. The molecule has 35 heavy (non-hydrogen) atoms. The van der Waals surface area contributed by atoms with Gasteiger partial charge in [0.1, 0.15) is 0 Å². The van der Waals surface area contributed by atoms with E-state index in [1.54, 1.807) is 0 Å². The molecule has 7 heteroatoms. The lowest BCUT2D eigenvalue weighted by Gasteiger charge is -2.29. The third-order valence-electron chi connectivity index (χ3n) is 6.68. The quantitative estimate of drug-likeness (QED) is 0.357. The minimum absolute atomic E-state index is 0.526. The van der Waals surface area contributed by atoms with Gasteiger partial charge >= 0.3 is 0 Å². The van der Waals surface area contributed by atoms with Gasteiger partial charge in [0.15, 0.2) is 5.82 Å². The van der Waals surface area contributed by atoms with Crippen molar-refractivity contribution < 1.29 is 9.84 Å². The van der Waals surface area contributed by atoms with Crippen LogP contribution in [0.4, 0.5) is 5.69 Å². The van der Waals surface area contributed by atoms with Gasteiger partial charge in [0.25, 0.3) is 0 Å². The van der Waals surface area contributed by atoms with Crippen LogP contribution in [0.15, 0.2) is 48.7 Å². The van der Waals surface area contributed by atoms with Crippen LogP contribution in [-0.4, -0.2) is 51.2 Å². The van der Waals surface area contributed by atoms with Gasteiger partial charge in [0, 0.05) is 36.6 Å². The van der Waals surface area contributed by atoms with Gasteiger partial charge in [-0.15, -0.1) is 0 Å². The van der Waals surface area contributed by atoms with Crippen molar-refractivity contribution in [2.75, 3.05) is 31.2 Å². The molecule has 1 fully saturated rings. The molecule has 1 unspecified atom stereocenters. The smallest absolute Gasteiger partial charge is 0.156 e. The van der Waals surface area contributed by atoms with E-state index < -0.39 is 6.10 Å². The SMILES string of the molecule is Cc1cccc(-c2ccn(-c3cc(N4CCOCC4)c4[nH]c(C(O)CCCC(C)C)cc4n3)n2)c1. The maximum atomic E-state index is 10.9. The molecule has 1 aliphatic rings. The van der Waals surface area contributed by atoms with Crippen LogP contribution in [0, 0.1) is 12.8 Å². The van der Waals surface area contributed by atoms with Crippen molar-refractivity contribution in [3.63, 3.8) is 0 Å². The molecule has 7 nitrogen and oxygen atoms in total. The summed E-state index contributed by atoms with van der Waals surface area (Å²) in [5, 5.41) is 15.7. The van der Waals surface area contributed by atoms with Gasteiger partial charge in [0.05, 0.1) is 41.7 Å². The van der Waals surface area contributed by atoms with Crippen LogP contribution in [0.5, 0.6) is 0 Å². The zero-order chi connectivity index (χ0) is 24.4. The lowest BCUT2D eigenvalue weighted by atomic mass is 10.0. The van der Waals surface area contributed by atoms with Crippen molar-refractivity contribution in [1.29, 1.82) is 0 Å². The summed E-state index contributed by atoms with van der Waals surface area (Å²) in [7, 11) is 0. The molecule has 4 aromatic rings. The Balaban J connectivity index is 1.51. The molecule has 184 valence electrons. The first-order chi connectivity index (χ1) is 17.0. The fraction of sp³-hybridized carbons (Fsp3) is 0.429. The molecule has 0 aliphatic carbocycles. The molecular formula is C28H35N5O2. The third-order valence-corrected chi connectivity index (χ3v) is 6.68. The van der Waals surface area contributed by atoms with Gasteiger partial charge in [0.2, 0.25) is 0 Å². The second-order valence-electron chi connectivity index (χ2n) is 9.94. The van der Waals surface area contributed by atoms with Gasteiger partial charge < -0.3 is 19.7 Å². The highest BCUT2D eigenvalue weighted by Crippen LogP contribution is 2.32. The van der Waals surface area contributed by atoms with Crippen LogP contribution in [-0.2, 0) is 4.74 Å². The molecular weight excluding hydrogens is 438 g/mol. The third kappa shape index (κ3) is 5.26. The molecule has 0 bridgehead atoms. The lowest BCUT2D eigenvalue weighted by molar-refractivity contribution is 0.123. The molecule has 4 heterocycles. The molecule has 0 spiro atoms. The molecule has 5 rings (SSSR count). The maximum Gasteiger partial charge on any atom is 0.156 e. The summed E-state index contributed by atoms with van der Waals surface area (Å²) in [6.07, 6.45) is 4.29. The Labute approximate surface area is 206 Å². The summed E-state index contributed by atoms with van der Waals surface area (Å²) < 4.78 is 7.43. The molecule has 1 aliphatic heterocycles. The van der Waals surface area contributed by atoms with Gasteiger partial charge in [-0.05, 0) is 37.5 Å². The first-order valence-electron chi connectivity index (χ1n) is 12.7. The number of morpholine rings is 1. The van der Waals surface area contributed by atoms with Gasteiger partial charge in [-0.25, -0.2) is 9.67 Å². The van der Waals surface area contributed by atoms with E-state index in [4.69, 9.17) is 14.8 Å². The Kier molecular flexibility index (Phi) is 6.88. The molecule has 2 N–H and O–H groups in total. The predicted molar refractivity (Wildman–Crippen MR) is 140 cm³/mol. The summed E-state index contributed by atoms with van der Waals surface area (Å²) in [5.41, 5.74) is 6.91. The van der Waals surface area contributed by atoms with Crippen molar-refractivity contribution in [2.24, 2.45) is 5.92 Å². The van der Waals surface area contributed by atoms with E-state index in [1.165, 1.54) is 5.56 Å². The monoisotopic (exact) mass is 473 g/mol. The number of aromatic amines is 1. The first-order valence-corrected chi connectivity index (χ1v) is 12.7. The Bertz CT molecular complexity index is 1290. The average Bonchev–Trinajstić information content (AvgIpc) is 3.51. The fourth-order valence-electron chi connectivity index (χ4n) is 4.73. The number of aromatic nitrogens is 4. The van der Waals surface area contributed by atoms with E-state index in [2.05, 4.69) is 61.0 Å². The maximum absolute atomic E-state index is 10.9. The summed E-state index contributed by atoms with van der Waals surface area (Å²) >= 11 is 0. The van der Waals surface area contributed by atoms with E-state index in [9.17, 15) is 5.11 Å². The van der Waals surface area contributed by atoms with Crippen LogP contribution < -0.4 is 4.90 Å². The van der Waals surface area contributed by atoms with Crippen molar-refractivity contribution in [2.45, 2.75) is 46.1 Å². The minimum atomic E-state index is -0.526. The first kappa shape index (κ1) is 23.6. The number of aliphatic hydroxyl groups excluding tert-OH is 1. The molecule has 0 radical (unpaired) electrons. The molecule has 0 amide bonds. The van der Waals surface area contributed by atoms with Crippen LogP contribution in [0.2, 0.25) is 0 Å². The van der Waals surface area contributed by atoms with Crippen LogP contribution >= 0.6 is 0 Å². The van der Waals surface area contributed by atoms with E-state index in [0.29, 0.717) is 19.1 Å². The summed E-state index contributed by atoms with van der Waals surface area (Å²) in [6, 6.07) is 14.5. The molecule has 1 atom stereocenters. The van der Waals surface area contributed by atoms with Crippen LogP contribution in [0.1, 0.15) is 50.5 Å². The number of nitrogens with zero attached hydrogens (tertiary/aromatic N) is 4. The number of nitrogens with one attached hydrogen (secondary N) is 1. The number of hydrogen-bond acceptors (Lipinski definition) is 5. The van der Waals surface area contributed by atoms with E-state index in [1.807, 2.05) is 23.0 Å². The molecule has 3 aromatic heterocycles. The number of aryl methyl sites for hydroxylation is 1. The molecule has 1 aromatic carbocycles. The summed E-state index contributed by atoms with van der Waals surface area (Å²) in [6.45, 7) is 9.55. The average molecular weight is 474 g/mol. The van der Waals surface area contributed by atoms with Gasteiger partial charge in [-0.1, -0.05) is 50.5 Å². The molecule has 1 saturated heterocycles. The molecule has 0 saturated carbocycles. The second kappa shape index (κ2) is 10.2. The number of fused-ring (bicyclic) bond motifs is 1. The normalized spacial score (nSPS) is 15.3. The largest absolute Gasteiger partial charge is 0.387 e. The predicted octanol–water partition coefficient (Wildman–Crippen LogP) is 5.42. The van der Waals surface area contributed by atoms with Crippen molar-refractivity contribution in [1.82, 2.24) is 19.7 Å². The number of aliphatic hydroxyl groups is 1. The number of ether oxygens (including phenoxy) is 1. The number of benzene rings is 1. The zero-order valence-corrected chi connectivity index (χ0v) is 20.9. The van der Waals surface area contributed by atoms with Crippen molar-refractivity contribution in [3.05, 3.63) is 59.9 Å². The fourth-order valence-corrected chi connectivity index (χ4v) is 4.73. The van der Waals surface area contributed by atoms with Crippen LogP contribution in [0.25, 0.3) is 28.1 Å². The van der Waals surface area contributed by atoms with Crippen molar-refractivity contribution >= 4 is 16.7 Å². The topological polar surface area (TPSA) is 79.2 Å². The van der Waals surface area contributed by atoms with Crippen LogP contribution in [0.3, 0.4) is 0 Å². The minimum Gasteiger partial charge on any atom is -0.387 e. The van der Waals surface area contributed by atoms with Gasteiger partial charge in [-0.3, -0.25) is 0 Å². The van der Waals surface area contributed by atoms with E-state index in [0.717, 1.165) is 71.8 Å². The standard InChI is InChI=1S/C28H35N5O2/c1-19(2)6-4-9-26(34)23-17-24-28(30-23)25(32-12-14-35-15-13-32)18-27(29-24)33-11-10-22(31-33)21-8-5-7-20(3)16-21/h5,7-8,10-11,16-19,26,30,34H,4,6,9,12-15H2,1-3H3. The van der Waals surface area contributed by atoms with Gasteiger partial charge in [-0.2, -0.15) is 5.10 Å². The lowest BCUT2D eigenvalue weighted by Crippen LogP contribution is -2.36. The van der Waals surface area contributed by atoms with E-state index in [-0.39, 0.29) is 0 Å². The second-order valence-corrected chi connectivity index (χ2v) is 9.94. The number of hydrogen-bond donors (Lipinski definition) is 2. The highest BCUT2D eigenvalue weighted by Gasteiger charge is 2.20. The van der Waals surface area contributed by atoms with E-state index >= 15 is 0 Å².